The van der Waals surface area contributed by atoms with E-state index in [0.29, 0.717) is 0 Å². The molecule has 1 fully saturated rings. The van der Waals surface area contributed by atoms with E-state index >= 15 is 0 Å². The molecule has 25 heavy (non-hydrogen) atoms. The summed E-state index contributed by atoms with van der Waals surface area (Å²) in [5.41, 5.74) is 2.10. The van der Waals surface area contributed by atoms with Crippen molar-refractivity contribution in [2.75, 3.05) is 27.2 Å². The zero-order chi connectivity index (χ0) is 17.7. The number of amides is 1. The summed E-state index contributed by atoms with van der Waals surface area (Å²) in [7, 11) is 3.27. The van der Waals surface area contributed by atoms with Crippen molar-refractivity contribution in [2.24, 2.45) is 0 Å². The zero-order valence-electron chi connectivity index (χ0n) is 14.9. The Morgan fingerprint density at radius 3 is 2.40 bits per heavy atom. The van der Waals surface area contributed by atoms with E-state index in [1.165, 1.54) is 12.7 Å². The quantitative estimate of drug-likeness (QED) is 0.858. The van der Waals surface area contributed by atoms with Crippen molar-refractivity contribution in [1.29, 1.82) is 0 Å². The number of methoxy groups -OCH3 is 1. The molecular weight excluding hydrogens is 314 g/mol. The van der Waals surface area contributed by atoms with Crippen LogP contribution in [0.15, 0.2) is 54.9 Å². The highest BCUT2D eigenvalue weighted by molar-refractivity contribution is 5.68. The Balaban J connectivity index is 1.78. The fourth-order valence-electron chi connectivity index (χ4n) is 3.71. The van der Waals surface area contributed by atoms with Crippen LogP contribution >= 0.6 is 0 Å². The van der Waals surface area contributed by atoms with Crippen LogP contribution < -0.4 is 0 Å². The van der Waals surface area contributed by atoms with Crippen LogP contribution in [0.3, 0.4) is 0 Å². The minimum absolute atomic E-state index is 0.298. The second-order valence-electron chi connectivity index (χ2n) is 6.56. The molecule has 0 bridgehead atoms. The van der Waals surface area contributed by atoms with Gasteiger partial charge in [0, 0.05) is 39.1 Å². The zero-order valence-corrected chi connectivity index (χ0v) is 14.9. The number of hydrogen-bond donors (Lipinski definition) is 0. The van der Waals surface area contributed by atoms with E-state index < -0.39 is 0 Å². The maximum absolute atomic E-state index is 12.2. The van der Waals surface area contributed by atoms with Gasteiger partial charge < -0.3 is 9.64 Å². The third-order valence-electron chi connectivity index (χ3n) is 5.24. The van der Waals surface area contributed by atoms with Crippen molar-refractivity contribution in [2.45, 2.75) is 24.9 Å². The van der Waals surface area contributed by atoms with Gasteiger partial charge in [0.15, 0.2) is 0 Å². The Hall–Kier alpha value is -2.40. The summed E-state index contributed by atoms with van der Waals surface area (Å²) in [6.45, 7) is 2.80. The molecule has 0 radical (unpaired) electrons. The number of carbonyl (C=O) groups excluding carboxylic acids is 1. The molecule has 5 heteroatoms. The fourth-order valence-corrected chi connectivity index (χ4v) is 3.71. The molecule has 0 atom stereocenters. The molecule has 1 aliphatic heterocycles. The average Bonchev–Trinajstić information content (AvgIpc) is 2.69. The lowest BCUT2D eigenvalue weighted by atomic mass is 9.80. The molecule has 2 heterocycles. The molecule has 5 nitrogen and oxygen atoms in total. The lowest BCUT2D eigenvalue weighted by molar-refractivity contribution is 0.0287. The van der Waals surface area contributed by atoms with E-state index in [0.717, 1.165) is 38.0 Å². The van der Waals surface area contributed by atoms with E-state index in [4.69, 9.17) is 4.74 Å². The molecule has 0 N–H and O–H groups in total. The number of ether oxygens (including phenoxy) is 1. The average molecular weight is 339 g/mol. The van der Waals surface area contributed by atoms with Crippen molar-refractivity contribution >= 4 is 6.09 Å². The number of aromatic nitrogens is 1. The molecule has 1 aliphatic rings. The second-order valence-corrected chi connectivity index (χ2v) is 6.56. The summed E-state index contributed by atoms with van der Waals surface area (Å²) in [5, 5.41) is 0. The lowest BCUT2D eigenvalue weighted by Crippen LogP contribution is -2.53. The molecule has 1 amide bonds. The summed E-state index contributed by atoms with van der Waals surface area (Å²) in [6.07, 6.45) is 5.02. The first kappa shape index (κ1) is 17.4. The smallest absolute Gasteiger partial charge is 0.409 e. The van der Waals surface area contributed by atoms with Crippen LogP contribution in [0, 0.1) is 0 Å². The van der Waals surface area contributed by atoms with Crippen molar-refractivity contribution in [3.8, 4) is 0 Å². The molecular formula is C20H25N3O2. The normalized spacial score (nSPS) is 17.0. The summed E-state index contributed by atoms with van der Waals surface area (Å²) in [5.74, 6) is 0. The number of rotatable bonds is 4. The molecule has 2 aromatic rings. The van der Waals surface area contributed by atoms with Gasteiger partial charge in [-0.15, -0.1) is 0 Å². The monoisotopic (exact) mass is 339 g/mol. The molecule has 1 aromatic heterocycles. The topological polar surface area (TPSA) is 45.7 Å². The van der Waals surface area contributed by atoms with Crippen molar-refractivity contribution in [3.05, 3.63) is 66.0 Å². The first-order chi connectivity index (χ1) is 12.2. The Bertz CT molecular complexity index is 683. The van der Waals surface area contributed by atoms with Gasteiger partial charge in [-0.05, 0) is 36.1 Å². The number of piperidine rings is 1. The Morgan fingerprint density at radius 2 is 1.80 bits per heavy atom. The van der Waals surface area contributed by atoms with Gasteiger partial charge in [0.1, 0.15) is 0 Å². The predicted molar refractivity (Wildman–Crippen MR) is 97.0 cm³/mol. The number of benzene rings is 1. The highest BCUT2D eigenvalue weighted by Gasteiger charge is 2.42. The van der Waals surface area contributed by atoms with E-state index in [2.05, 4.69) is 34.1 Å². The Labute approximate surface area is 149 Å². The highest BCUT2D eigenvalue weighted by Crippen LogP contribution is 2.38. The van der Waals surface area contributed by atoms with Crippen LogP contribution in [-0.2, 0) is 16.8 Å². The van der Waals surface area contributed by atoms with E-state index in [-0.39, 0.29) is 11.6 Å². The van der Waals surface area contributed by atoms with E-state index in [1.807, 2.05) is 25.2 Å². The van der Waals surface area contributed by atoms with Crippen LogP contribution in [0.5, 0.6) is 0 Å². The first-order valence-corrected chi connectivity index (χ1v) is 8.64. The van der Waals surface area contributed by atoms with Crippen LogP contribution in [0.2, 0.25) is 0 Å². The number of likely N-dealkylation sites (tertiary alicyclic amines) is 1. The van der Waals surface area contributed by atoms with Gasteiger partial charge in [-0.3, -0.25) is 9.88 Å². The first-order valence-electron chi connectivity index (χ1n) is 8.64. The third-order valence-corrected chi connectivity index (χ3v) is 5.24. The lowest BCUT2D eigenvalue weighted by Gasteiger charge is -2.47. The van der Waals surface area contributed by atoms with Gasteiger partial charge in [0.2, 0.25) is 0 Å². The predicted octanol–water partition coefficient (Wildman–Crippen LogP) is 3.27. The SMILES string of the molecule is COC(=O)N(C)C1(c2ccncc2)CCN(Cc2ccccc2)CC1. The summed E-state index contributed by atoms with van der Waals surface area (Å²) in [6, 6.07) is 14.5. The van der Waals surface area contributed by atoms with Crippen molar-refractivity contribution in [3.63, 3.8) is 0 Å². The summed E-state index contributed by atoms with van der Waals surface area (Å²) >= 11 is 0. The van der Waals surface area contributed by atoms with Crippen LogP contribution in [-0.4, -0.2) is 48.1 Å². The summed E-state index contributed by atoms with van der Waals surface area (Å²) in [4.78, 5) is 20.6. The van der Waals surface area contributed by atoms with Crippen molar-refractivity contribution in [1.82, 2.24) is 14.8 Å². The number of nitrogens with zero attached hydrogens (tertiary/aromatic N) is 3. The van der Waals surface area contributed by atoms with Gasteiger partial charge >= 0.3 is 6.09 Å². The number of pyridine rings is 1. The van der Waals surface area contributed by atoms with Gasteiger partial charge in [0.05, 0.1) is 12.6 Å². The third kappa shape index (κ3) is 3.66. The minimum Gasteiger partial charge on any atom is -0.453 e. The van der Waals surface area contributed by atoms with Gasteiger partial charge in [-0.1, -0.05) is 30.3 Å². The molecule has 1 aromatic carbocycles. The molecule has 132 valence electrons. The molecule has 0 saturated carbocycles. The Morgan fingerprint density at radius 1 is 1.16 bits per heavy atom. The van der Waals surface area contributed by atoms with Crippen molar-refractivity contribution < 1.29 is 9.53 Å². The van der Waals surface area contributed by atoms with E-state index in [9.17, 15) is 4.79 Å². The molecule has 0 spiro atoms. The van der Waals surface area contributed by atoms with Gasteiger partial charge in [-0.2, -0.15) is 0 Å². The van der Waals surface area contributed by atoms with Crippen LogP contribution in [0.1, 0.15) is 24.0 Å². The minimum atomic E-state index is -0.344. The van der Waals surface area contributed by atoms with Gasteiger partial charge in [-0.25, -0.2) is 4.79 Å². The van der Waals surface area contributed by atoms with E-state index in [1.54, 1.807) is 17.3 Å². The maximum atomic E-state index is 12.2. The highest BCUT2D eigenvalue weighted by atomic mass is 16.5. The second kappa shape index (κ2) is 7.66. The van der Waals surface area contributed by atoms with Crippen LogP contribution in [0.25, 0.3) is 0 Å². The molecule has 1 saturated heterocycles. The summed E-state index contributed by atoms with van der Waals surface area (Å²) < 4.78 is 4.99. The molecule has 3 rings (SSSR count). The fraction of sp³-hybridized carbons (Fsp3) is 0.400. The number of hydrogen-bond acceptors (Lipinski definition) is 4. The largest absolute Gasteiger partial charge is 0.453 e. The maximum Gasteiger partial charge on any atom is 0.409 e. The van der Waals surface area contributed by atoms with Gasteiger partial charge in [0.25, 0.3) is 0 Å². The molecule has 0 unspecified atom stereocenters. The molecule has 0 aliphatic carbocycles. The number of carbonyl (C=O) groups is 1. The standard InChI is InChI=1S/C20H25N3O2/c1-22(19(24)25-2)20(18-8-12-21-13-9-18)10-14-23(15-11-20)16-17-6-4-3-5-7-17/h3-9,12-13H,10-11,14-16H2,1-2H3. The van der Waals surface area contributed by atoms with Crippen LogP contribution in [0.4, 0.5) is 4.79 Å². The Kier molecular flexibility index (Phi) is 5.34.